The summed E-state index contributed by atoms with van der Waals surface area (Å²) >= 11 is 0. The molecule has 0 aliphatic carbocycles. The number of hydrogen-bond acceptors (Lipinski definition) is 8. The van der Waals surface area contributed by atoms with Crippen LogP contribution in [0.15, 0.2) is 35.0 Å². The highest BCUT2D eigenvalue weighted by Gasteiger charge is 2.24. The molecule has 2 aromatic heterocycles. The van der Waals surface area contributed by atoms with Gasteiger partial charge in [0.1, 0.15) is 0 Å². The SMILES string of the molecule is COC1CCN(c2nc3nonc3nc2NCc2ccccc2)CC1. The van der Waals surface area contributed by atoms with Crippen LogP contribution in [0.5, 0.6) is 0 Å². The summed E-state index contributed by atoms with van der Waals surface area (Å²) < 4.78 is 10.2. The Morgan fingerprint density at radius 2 is 1.84 bits per heavy atom. The minimum Gasteiger partial charge on any atom is -0.381 e. The van der Waals surface area contributed by atoms with Crippen LogP contribution in [-0.4, -0.2) is 46.6 Å². The summed E-state index contributed by atoms with van der Waals surface area (Å²) in [7, 11) is 1.76. The Hall–Kier alpha value is -2.74. The van der Waals surface area contributed by atoms with Crippen LogP contribution in [0.25, 0.3) is 11.3 Å². The molecule has 0 radical (unpaired) electrons. The van der Waals surface area contributed by atoms with Crippen LogP contribution in [-0.2, 0) is 11.3 Å². The standard InChI is InChI=1S/C17H20N6O2/c1-24-13-7-9-23(10-8-13)17-16(18-11-12-5-3-2-4-6-12)19-14-15(20-17)22-25-21-14/h2-6,13H,7-11H2,1H3,(H,18,19,21). The molecule has 8 nitrogen and oxygen atoms in total. The fourth-order valence-electron chi connectivity index (χ4n) is 3.05. The van der Waals surface area contributed by atoms with Crippen LogP contribution < -0.4 is 10.2 Å². The number of anilines is 2. The third-order valence-electron chi connectivity index (χ3n) is 4.47. The number of ether oxygens (including phenoxy) is 1. The van der Waals surface area contributed by atoms with Gasteiger partial charge in [0.15, 0.2) is 11.6 Å². The fourth-order valence-corrected chi connectivity index (χ4v) is 3.05. The normalized spacial score (nSPS) is 15.6. The number of piperidine rings is 1. The summed E-state index contributed by atoms with van der Waals surface area (Å²) in [5.41, 5.74) is 2.01. The number of nitrogens with zero attached hydrogens (tertiary/aromatic N) is 5. The van der Waals surface area contributed by atoms with Gasteiger partial charge in [0.2, 0.25) is 11.3 Å². The first kappa shape index (κ1) is 15.8. The Kier molecular flexibility index (Phi) is 4.43. The topological polar surface area (TPSA) is 89.2 Å². The van der Waals surface area contributed by atoms with Gasteiger partial charge in [-0.3, -0.25) is 0 Å². The molecular weight excluding hydrogens is 320 g/mol. The van der Waals surface area contributed by atoms with Gasteiger partial charge in [-0.2, -0.15) is 0 Å². The van der Waals surface area contributed by atoms with Gasteiger partial charge >= 0.3 is 0 Å². The molecule has 0 saturated carbocycles. The van der Waals surface area contributed by atoms with Gasteiger partial charge < -0.3 is 15.0 Å². The Morgan fingerprint density at radius 3 is 2.56 bits per heavy atom. The molecule has 1 aliphatic rings. The third kappa shape index (κ3) is 3.39. The lowest BCUT2D eigenvalue weighted by Crippen LogP contribution is -2.37. The van der Waals surface area contributed by atoms with Crippen LogP contribution >= 0.6 is 0 Å². The second-order valence-corrected chi connectivity index (χ2v) is 6.07. The lowest BCUT2D eigenvalue weighted by molar-refractivity contribution is 0.0818. The van der Waals surface area contributed by atoms with E-state index in [1.165, 1.54) is 5.56 Å². The molecule has 1 fully saturated rings. The molecular formula is C17H20N6O2. The molecule has 0 unspecified atom stereocenters. The Bertz CT molecular complexity index is 830. The van der Waals surface area contributed by atoms with Crippen molar-refractivity contribution in [2.24, 2.45) is 0 Å². The number of aromatic nitrogens is 4. The average molecular weight is 340 g/mol. The Balaban J connectivity index is 1.60. The molecule has 4 rings (SSSR count). The van der Waals surface area contributed by atoms with E-state index in [1.807, 2.05) is 18.2 Å². The minimum absolute atomic E-state index is 0.308. The summed E-state index contributed by atoms with van der Waals surface area (Å²) in [5.74, 6) is 1.48. The molecule has 1 N–H and O–H groups in total. The Morgan fingerprint density at radius 1 is 1.12 bits per heavy atom. The lowest BCUT2D eigenvalue weighted by atomic mass is 10.1. The maximum atomic E-state index is 5.45. The molecule has 0 amide bonds. The highest BCUT2D eigenvalue weighted by molar-refractivity contribution is 5.74. The van der Waals surface area contributed by atoms with Crippen molar-refractivity contribution in [3.8, 4) is 0 Å². The molecule has 1 saturated heterocycles. The van der Waals surface area contributed by atoms with E-state index in [4.69, 9.17) is 9.37 Å². The largest absolute Gasteiger partial charge is 0.381 e. The molecule has 3 aromatic rings. The molecule has 0 bridgehead atoms. The smallest absolute Gasteiger partial charge is 0.245 e. The summed E-state index contributed by atoms with van der Waals surface area (Å²) in [4.78, 5) is 11.4. The predicted octanol–water partition coefficient (Wildman–Crippen LogP) is 2.24. The summed E-state index contributed by atoms with van der Waals surface area (Å²) in [6, 6.07) is 10.2. The van der Waals surface area contributed by atoms with Gasteiger partial charge in [-0.1, -0.05) is 30.3 Å². The first-order valence-corrected chi connectivity index (χ1v) is 8.39. The first-order chi connectivity index (χ1) is 12.3. The van der Waals surface area contributed by atoms with E-state index in [-0.39, 0.29) is 0 Å². The van der Waals surface area contributed by atoms with Crippen LogP contribution in [0.1, 0.15) is 18.4 Å². The summed E-state index contributed by atoms with van der Waals surface area (Å²) in [6.45, 7) is 2.39. The van der Waals surface area contributed by atoms with Gasteiger partial charge in [-0.05, 0) is 28.7 Å². The summed E-state index contributed by atoms with van der Waals surface area (Å²) in [6.07, 6.45) is 2.24. The van der Waals surface area contributed by atoms with Crippen molar-refractivity contribution in [2.45, 2.75) is 25.5 Å². The van der Waals surface area contributed by atoms with E-state index < -0.39 is 0 Å². The van der Waals surface area contributed by atoms with E-state index in [0.29, 0.717) is 29.8 Å². The highest BCUT2D eigenvalue weighted by atomic mass is 16.6. The first-order valence-electron chi connectivity index (χ1n) is 8.39. The lowest BCUT2D eigenvalue weighted by Gasteiger charge is -2.32. The molecule has 3 heterocycles. The van der Waals surface area contributed by atoms with Gasteiger partial charge in [-0.15, -0.1) is 0 Å². The number of benzene rings is 1. The van der Waals surface area contributed by atoms with Crippen molar-refractivity contribution in [3.05, 3.63) is 35.9 Å². The van der Waals surface area contributed by atoms with Gasteiger partial charge in [0.05, 0.1) is 6.10 Å². The molecule has 1 aliphatic heterocycles. The van der Waals surface area contributed by atoms with E-state index in [9.17, 15) is 0 Å². The van der Waals surface area contributed by atoms with Gasteiger partial charge in [-0.25, -0.2) is 14.6 Å². The molecule has 25 heavy (non-hydrogen) atoms. The zero-order chi connectivity index (χ0) is 17.1. The van der Waals surface area contributed by atoms with Gasteiger partial charge in [0.25, 0.3) is 0 Å². The fraction of sp³-hybridized carbons (Fsp3) is 0.412. The second kappa shape index (κ2) is 7.02. The zero-order valence-corrected chi connectivity index (χ0v) is 14.1. The average Bonchev–Trinajstić information content (AvgIpc) is 3.14. The van der Waals surface area contributed by atoms with Crippen LogP contribution in [0.2, 0.25) is 0 Å². The summed E-state index contributed by atoms with van der Waals surface area (Å²) in [5, 5.41) is 11.0. The molecule has 1 aromatic carbocycles. The van der Waals surface area contributed by atoms with Crippen molar-refractivity contribution >= 4 is 22.9 Å². The second-order valence-electron chi connectivity index (χ2n) is 6.07. The van der Waals surface area contributed by atoms with Crippen molar-refractivity contribution in [2.75, 3.05) is 30.4 Å². The number of methoxy groups -OCH3 is 1. The monoisotopic (exact) mass is 340 g/mol. The molecule has 8 heteroatoms. The quantitative estimate of drug-likeness (QED) is 0.756. The van der Waals surface area contributed by atoms with Crippen molar-refractivity contribution < 1.29 is 9.37 Å². The highest BCUT2D eigenvalue weighted by Crippen LogP contribution is 2.27. The molecule has 0 atom stereocenters. The number of nitrogens with one attached hydrogen (secondary N) is 1. The number of fused-ring (bicyclic) bond motifs is 1. The molecule has 0 spiro atoms. The van der Waals surface area contributed by atoms with Crippen LogP contribution in [0.4, 0.5) is 11.6 Å². The predicted molar refractivity (Wildman–Crippen MR) is 93.4 cm³/mol. The Labute approximate surface area is 145 Å². The maximum absolute atomic E-state index is 5.45. The van der Waals surface area contributed by atoms with Crippen molar-refractivity contribution in [1.29, 1.82) is 0 Å². The van der Waals surface area contributed by atoms with E-state index in [0.717, 1.165) is 31.7 Å². The molecule has 130 valence electrons. The third-order valence-corrected chi connectivity index (χ3v) is 4.47. The minimum atomic E-state index is 0.308. The van der Waals surface area contributed by atoms with E-state index >= 15 is 0 Å². The van der Waals surface area contributed by atoms with Crippen molar-refractivity contribution in [1.82, 2.24) is 20.3 Å². The maximum Gasteiger partial charge on any atom is 0.245 e. The van der Waals surface area contributed by atoms with Crippen LogP contribution in [0, 0.1) is 0 Å². The number of rotatable bonds is 5. The van der Waals surface area contributed by atoms with Gasteiger partial charge in [0, 0.05) is 26.7 Å². The van der Waals surface area contributed by atoms with E-state index in [2.05, 4.69) is 42.6 Å². The van der Waals surface area contributed by atoms with Crippen LogP contribution in [0.3, 0.4) is 0 Å². The zero-order valence-electron chi connectivity index (χ0n) is 14.1. The number of hydrogen-bond donors (Lipinski definition) is 1. The van der Waals surface area contributed by atoms with Crippen molar-refractivity contribution in [3.63, 3.8) is 0 Å². The van der Waals surface area contributed by atoms with E-state index in [1.54, 1.807) is 7.11 Å².